The zero-order valence-electron chi connectivity index (χ0n) is 7.26. The van der Waals surface area contributed by atoms with E-state index in [0.29, 0.717) is 11.5 Å². The molecule has 0 amide bonds. The minimum Gasteiger partial charge on any atom is -0.388 e. The molecule has 0 unspecified atom stereocenters. The van der Waals surface area contributed by atoms with E-state index >= 15 is 0 Å². The average Bonchev–Trinajstić information content (AvgIpc) is 2.67. The quantitative estimate of drug-likeness (QED) is 0.770. The summed E-state index contributed by atoms with van der Waals surface area (Å²) in [4.78, 5) is 3.84. The van der Waals surface area contributed by atoms with Crippen molar-refractivity contribution in [2.45, 2.75) is 6.61 Å². The van der Waals surface area contributed by atoms with Crippen LogP contribution in [0.3, 0.4) is 0 Å². The van der Waals surface area contributed by atoms with Gasteiger partial charge in [-0.05, 0) is 24.3 Å². The summed E-state index contributed by atoms with van der Waals surface area (Å²) < 4.78 is 14.1. The third-order valence-electron chi connectivity index (χ3n) is 1.77. The first kappa shape index (κ1) is 8.83. The molecule has 2 rings (SSSR count). The van der Waals surface area contributed by atoms with Crippen LogP contribution in [0.1, 0.15) is 5.82 Å². The van der Waals surface area contributed by atoms with Crippen LogP contribution in [0.25, 0.3) is 5.69 Å². The minimum absolute atomic E-state index is 0.200. The molecule has 14 heavy (non-hydrogen) atoms. The Morgan fingerprint density at radius 2 is 2.00 bits per heavy atom. The molecule has 1 aromatic carbocycles. The Kier molecular flexibility index (Phi) is 2.24. The zero-order chi connectivity index (χ0) is 9.97. The fraction of sp³-hybridized carbons (Fsp3) is 0.111. The van der Waals surface area contributed by atoms with E-state index in [-0.39, 0.29) is 12.4 Å². The molecule has 0 fully saturated rings. The van der Waals surface area contributed by atoms with E-state index in [1.807, 2.05) is 0 Å². The predicted octanol–water partition coefficient (Wildman–Crippen LogP) is 0.899. The van der Waals surface area contributed by atoms with Gasteiger partial charge in [-0.1, -0.05) is 0 Å². The number of rotatable bonds is 2. The summed E-state index contributed by atoms with van der Waals surface area (Å²) in [6.07, 6.45) is 1.47. The zero-order valence-corrected chi connectivity index (χ0v) is 7.26. The Morgan fingerprint density at radius 1 is 1.29 bits per heavy atom. The van der Waals surface area contributed by atoms with E-state index in [9.17, 15) is 4.39 Å². The molecule has 0 saturated heterocycles. The van der Waals surface area contributed by atoms with E-state index in [1.165, 1.54) is 23.1 Å². The lowest BCUT2D eigenvalue weighted by atomic mass is 10.3. The van der Waals surface area contributed by atoms with Crippen molar-refractivity contribution >= 4 is 0 Å². The molecule has 4 nitrogen and oxygen atoms in total. The average molecular weight is 193 g/mol. The van der Waals surface area contributed by atoms with E-state index in [2.05, 4.69) is 10.1 Å². The number of halogens is 1. The molecule has 0 aliphatic rings. The molecule has 2 aromatic rings. The molecule has 0 bridgehead atoms. The van der Waals surface area contributed by atoms with Gasteiger partial charge in [-0.25, -0.2) is 14.1 Å². The Balaban J connectivity index is 2.34. The molecule has 0 aliphatic heterocycles. The second-order valence-corrected chi connectivity index (χ2v) is 2.74. The monoisotopic (exact) mass is 193 g/mol. The minimum atomic E-state index is -0.295. The van der Waals surface area contributed by atoms with Crippen LogP contribution in [-0.4, -0.2) is 19.9 Å². The third-order valence-corrected chi connectivity index (χ3v) is 1.77. The summed E-state index contributed by atoms with van der Waals surface area (Å²) in [5.74, 6) is 0.0468. The van der Waals surface area contributed by atoms with Crippen molar-refractivity contribution in [2.24, 2.45) is 0 Å². The fourth-order valence-corrected chi connectivity index (χ4v) is 1.09. The van der Waals surface area contributed by atoms with Gasteiger partial charge in [-0.15, -0.1) is 5.10 Å². The van der Waals surface area contributed by atoms with Crippen molar-refractivity contribution < 1.29 is 9.50 Å². The van der Waals surface area contributed by atoms with Crippen molar-refractivity contribution in [1.82, 2.24) is 14.8 Å². The number of nitrogens with zero attached hydrogens (tertiary/aromatic N) is 3. The van der Waals surface area contributed by atoms with Gasteiger partial charge in [-0.3, -0.25) is 0 Å². The molecule has 0 atom stereocenters. The van der Waals surface area contributed by atoms with Crippen LogP contribution >= 0.6 is 0 Å². The van der Waals surface area contributed by atoms with Gasteiger partial charge in [-0.2, -0.15) is 0 Å². The summed E-state index contributed by atoms with van der Waals surface area (Å²) in [6.45, 7) is -0.200. The molecule has 5 heteroatoms. The molecule has 1 heterocycles. The number of aliphatic hydroxyl groups is 1. The van der Waals surface area contributed by atoms with Crippen LogP contribution in [0.2, 0.25) is 0 Å². The molecule has 0 saturated carbocycles. The van der Waals surface area contributed by atoms with Crippen LogP contribution in [-0.2, 0) is 6.61 Å². The Hall–Kier alpha value is -1.75. The Labute approximate surface area is 79.6 Å². The fourth-order valence-electron chi connectivity index (χ4n) is 1.09. The SMILES string of the molecule is OCc1ncn(-c2ccc(F)cc2)n1. The van der Waals surface area contributed by atoms with Crippen LogP contribution in [0.4, 0.5) is 4.39 Å². The topological polar surface area (TPSA) is 50.9 Å². The van der Waals surface area contributed by atoms with Crippen molar-refractivity contribution in [3.8, 4) is 5.69 Å². The number of benzene rings is 1. The van der Waals surface area contributed by atoms with Gasteiger partial charge in [0.1, 0.15) is 18.8 Å². The highest BCUT2D eigenvalue weighted by Crippen LogP contribution is 2.07. The summed E-state index contributed by atoms with van der Waals surface area (Å²) in [5.41, 5.74) is 0.707. The lowest BCUT2D eigenvalue weighted by molar-refractivity contribution is 0.271. The van der Waals surface area contributed by atoms with Crippen molar-refractivity contribution in [3.63, 3.8) is 0 Å². The number of aromatic nitrogens is 3. The number of aliphatic hydroxyl groups excluding tert-OH is 1. The molecule has 0 spiro atoms. The second-order valence-electron chi connectivity index (χ2n) is 2.74. The number of hydrogen-bond donors (Lipinski definition) is 1. The van der Waals surface area contributed by atoms with Crippen LogP contribution in [0.5, 0.6) is 0 Å². The van der Waals surface area contributed by atoms with Crippen molar-refractivity contribution in [1.29, 1.82) is 0 Å². The summed E-state index contributed by atoms with van der Waals surface area (Å²) >= 11 is 0. The maximum absolute atomic E-state index is 12.6. The van der Waals surface area contributed by atoms with Crippen molar-refractivity contribution in [3.05, 3.63) is 42.2 Å². The maximum Gasteiger partial charge on any atom is 0.176 e. The van der Waals surface area contributed by atoms with Gasteiger partial charge >= 0.3 is 0 Å². The maximum atomic E-state index is 12.6. The lowest BCUT2D eigenvalue weighted by Gasteiger charge is -1.98. The Bertz CT molecular complexity index is 424. The molecule has 1 N–H and O–H groups in total. The number of hydrogen-bond acceptors (Lipinski definition) is 3. The van der Waals surface area contributed by atoms with E-state index in [4.69, 9.17) is 5.11 Å². The highest BCUT2D eigenvalue weighted by atomic mass is 19.1. The van der Waals surface area contributed by atoms with Gasteiger partial charge in [0, 0.05) is 0 Å². The highest BCUT2D eigenvalue weighted by molar-refractivity contribution is 5.29. The van der Waals surface area contributed by atoms with Crippen LogP contribution in [0, 0.1) is 5.82 Å². The van der Waals surface area contributed by atoms with E-state index in [0.717, 1.165) is 0 Å². The van der Waals surface area contributed by atoms with Gasteiger partial charge in [0.15, 0.2) is 5.82 Å². The molecule has 0 radical (unpaired) electrons. The lowest BCUT2D eigenvalue weighted by Crippen LogP contribution is -1.96. The smallest absolute Gasteiger partial charge is 0.176 e. The molecule has 1 aromatic heterocycles. The molecular formula is C9H8FN3O. The van der Waals surface area contributed by atoms with E-state index in [1.54, 1.807) is 12.1 Å². The first-order valence-electron chi connectivity index (χ1n) is 4.07. The van der Waals surface area contributed by atoms with Crippen LogP contribution in [0.15, 0.2) is 30.6 Å². The molecule has 72 valence electrons. The predicted molar refractivity (Wildman–Crippen MR) is 47.2 cm³/mol. The van der Waals surface area contributed by atoms with Gasteiger partial charge in [0.25, 0.3) is 0 Å². The summed E-state index contributed by atoms with van der Waals surface area (Å²) in [7, 11) is 0. The second kappa shape index (κ2) is 3.55. The third kappa shape index (κ3) is 1.62. The largest absolute Gasteiger partial charge is 0.388 e. The summed E-state index contributed by atoms with van der Waals surface area (Å²) in [6, 6.07) is 5.86. The Morgan fingerprint density at radius 3 is 2.57 bits per heavy atom. The first-order chi connectivity index (χ1) is 6.79. The van der Waals surface area contributed by atoms with Gasteiger partial charge < -0.3 is 5.11 Å². The first-order valence-corrected chi connectivity index (χ1v) is 4.07. The highest BCUT2D eigenvalue weighted by Gasteiger charge is 2.00. The van der Waals surface area contributed by atoms with E-state index < -0.39 is 0 Å². The molecule has 0 aliphatic carbocycles. The van der Waals surface area contributed by atoms with Gasteiger partial charge in [0.05, 0.1) is 5.69 Å². The summed E-state index contributed by atoms with van der Waals surface area (Å²) in [5, 5.41) is 12.7. The van der Waals surface area contributed by atoms with Crippen molar-refractivity contribution in [2.75, 3.05) is 0 Å². The van der Waals surface area contributed by atoms with Gasteiger partial charge in [0.2, 0.25) is 0 Å². The normalized spacial score (nSPS) is 10.4. The molecular weight excluding hydrogens is 185 g/mol. The standard InChI is InChI=1S/C9H8FN3O/c10-7-1-3-8(4-2-7)13-6-11-9(5-14)12-13/h1-4,6,14H,5H2. The van der Waals surface area contributed by atoms with Crippen LogP contribution < -0.4 is 0 Å².